The van der Waals surface area contributed by atoms with E-state index < -0.39 is 5.91 Å². The molecule has 21 heavy (non-hydrogen) atoms. The van der Waals surface area contributed by atoms with Crippen molar-refractivity contribution in [2.24, 2.45) is 0 Å². The molecule has 0 spiro atoms. The lowest BCUT2D eigenvalue weighted by Crippen LogP contribution is -2.17. The molecule has 1 aromatic carbocycles. The fourth-order valence-corrected chi connectivity index (χ4v) is 1.59. The minimum Gasteiger partial charge on any atom is -0.326 e. The summed E-state index contributed by atoms with van der Waals surface area (Å²) in [5.74, 6) is -0.564. The van der Waals surface area contributed by atoms with Crippen molar-refractivity contribution < 1.29 is 9.59 Å². The van der Waals surface area contributed by atoms with Crippen molar-refractivity contribution in [3.63, 3.8) is 0 Å². The van der Waals surface area contributed by atoms with Crippen molar-refractivity contribution in [1.82, 2.24) is 10.2 Å². The summed E-state index contributed by atoms with van der Waals surface area (Å²) in [6, 6.07) is 9.31. The molecule has 0 saturated carbocycles. The van der Waals surface area contributed by atoms with E-state index in [1.807, 2.05) is 0 Å². The van der Waals surface area contributed by atoms with Crippen LogP contribution in [0.25, 0.3) is 0 Å². The van der Waals surface area contributed by atoms with Crippen molar-refractivity contribution in [1.29, 1.82) is 0 Å². The number of aromatic amines is 1. The third-order valence-corrected chi connectivity index (χ3v) is 2.64. The van der Waals surface area contributed by atoms with Gasteiger partial charge in [-0.2, -0.15) is 5.10 Å². The maximum Gasteiger partial charge on any atom is 0.276 e. The molecule has 2 aromatic rings. The number of hydrogen-bond donors (Lipinski definition) is 3. The summed E-state index contributed by atoms with van der Waals surface area (Å²) in [7, 11) is 0. The number of H-pyrrole nitrogens is 1. The lowest BCUT2D eigenvalue weighted by Gasteiger charge is -2.07. The van der Waals surface area contributed by atoms with Crippen LogP contribution >= 0.6 is 0 Å². The number of carbonyl (C=O) groups excluding carboxylic acids is 2. The van der Waals surface area contributed by atoms with E-state index in [0.29, 0.717) is 17.8 Å². The number of benzene rings is 1. The highest BCUT2D eigenvalue weighted by Gasteiger charge is 2.08. The Labute approximate surface area is 120 Å². The van der Waals surface area contributed by atoms with Gasteiger partial charge in [0.15, 0.2) is 0 Å². The normalized spacial score (nSPS) is 9.95. The number of nitrogens with zero attached hydrogens (tertiary/aromatic N) is 1. The van der Waals surface area contributed by atoms with Crippen LogP contribution in [0, 0.1) is 0 Å². The number of rotatable bonds is 4. The minimum atomic E-state index is -0.454. The van der Waals surface area contributed by atoms with Crippen LogP contribution in [-0.4, -0.2) is 22.0 Å². The topological polar surface area (TPSA) is 104 Å². The summed E-state index contributed by atoms with van der Waals surface area (Å²) in [4.78, 5) is 34.1. The maximum atomic E-state index is 11.9. The fourth-order valence-electron chi connectivity index (χ4n) is 1.59. The molecule has 0 bridgehead atoms. The summed E-state index contributed by atoms with van der Waals surface area (Å²) < 4.78 is 0. The lowest BCUT2D eigenvalue weighted by molar-refractivity contribution is -0.115. The van der Waals surface area contributed by atoms with Crippen LogP contribution < -0.4 is 16.2 Å². The van der Waals surface area contributed by atoms with E-state index >= 15 is 0 Å². The number of amides is 2. The zero-order chi connectivity index (χ0) is 15.2. The molecule has 3 N–H and O–H groups in total. The molecule has 0 atom stereocenters. The molecule has 108 valence electrons. The predicted molar refractivity (Wildman–Crippen MR) is 78.2 cm³/mol. The molecule has 0 radical (unpaired) electrons. The number of hydrogen-bond acceptors (Lipinski definition) is 4. The van der Waals surface area contributed by atoms with Crippen LogP contribution in [-0.2, 0) is 4.79 Å². The molecule has 1 aromatic heterocycles. The van der Waals surface area contributed by atoms with Crippen LogP contribution in [0.5, 0.6) is 0 Å². The van der Waals surface area contributed by atoms with E-state index in [0.717, 1.165) is 0 Å². The van der Waals surface area contributed by atoms with E-state index in [9.17, 15) is 14.4 Å². The standard InChI is InChI=1S/C14H14N4O3/c1-2-12(19)15-9-4-3-5-10(8-9)16-14(21)11-6-7-13(20)18-17-11/h3-8H,2H2,1H3,(H,15,19)(H,16,21)(H,18,20). The second-order valence-electron chi connectivity index (χ2n) is 4.24. The number of anilines is 2. The van der Waals surface area contributed by atoms with E-state index in [2.05, 4.69) is 20.8 Å². The van der Waals surface area contributed by atoms with Crippen molar-refractivity contribution in [2.75, 3.05) is 10.6 Å². The van der Waals surface area contributed by atoms with Crippen molar-refractivity contribution in [3.05, 3.63) is 52.4 Å². The molecule has 7 heteroatoms. The van der Waals surface area contributed by atoms with Crippen LogP contribution in [0.15, 0.2) is 41.2 Å². The average Bonchev–Trinajstić information content (AvgIpc) is 2.48. The van der Waals surface area contributed by atoms with Gasteiger partial charge in [-0.3, -0.25) is 14.4 Å². The first-order valence-electron chi connectivity index (χ1n) is 6.35. The van der Waals surface area contributed by atoms with Gasteiger partial charge in [-0.25, -0.2) is 5.10 Å². The Hall–Kier alpha value is -2.96. The maximum absolute atomic E-state index is 11.9. The summed E-state index contributed by atoms with van der Waals surface area (Å²) in [6.45, 7) is 1.75. The smallest absolute Gasteiger partial charge is 0.276 e. The van der Waals surface area contributed by atoms with Gasteiger partial charge in [0.25, 0.3) is 11.5 Å². The van der Waals surface area contributed by atoms with Crippen molar-refractivity contribution in [2.45, 2.75) is 13.3 Å². The molecule has 0 aliphatic rings. The Kier molecular flexibility index (Phi) is 4.45. The number of aromatic nitrogens is 2. The zero-order valence-corrected chi connectivity index (χ0v) is 11.3. The van der Waals surface area contributed by atoms with Gasteiger partial charge in [-0.1, -0.05) is 13.0 Å². The van der Waals surface area contributed by atoms with E-state index in [1.54, 1.807) is 31.2 Å². The Bertz CT molecular complexity index is 704. The van der Waals surface area contributed by atoms with Crippen LogP contribution in [0.2, 0.25) is 0 Å². The Morgan fingerprint density at radius 1 is 1.14 bits per heavy atom. The first-order chi connectivity index (χ1) is 10.1. The van der Waals surface area contributed by atoms with Gasteiger partial charge in [-0.15, -0.1) is 0 Å². The molecular weight excluding hydrogens is 272 g/mol. The van der Waals surface area contributed by atoms with Gasteiger partial charge in [0.1, 0.15) is 5.69 Å². The largest absolute Gasteiger partial charge is 0.326 e. The van der Waals surface area contributed by atoms with Gasteiger partial charge in [-0.05, 0) is 24.3 Å². The Morgan fingerprint density at radius 2 is 1.86 bits per heavy atom. The van der Waals surface area contributed by atoms with Gasteiger partial charge in [0, 0.05) is 23.9 Å². The predicted octanol–water partition coefficient (Wildman–Crippen LogP) is 1.37. The molecule has 0 aliphatic carbocycles. The first-order valence-corrected chi connectivity index (χ1v) is 6.35. The second kappa shape index (κ2) is 6.47. The van der Waals surface area contributed by atoms with Gasteiger partial charge < -0.3 is 10.6 Å². The molecule has 0 saturated heterocycles. The van der Waals surface area contributed by atoms with Crippen LogP contribution in [0.3, 0.4) is 0 Å². The highest BCUT2D eigenvalue weighted by atomic mass is 16.2. The minimum absolute atomic E-state index is 0.0950. The molecule has 7 nitrogen and oxygen atoms in total. The van der Waals surface area contributed by atoms with E-state index in [1.165, 1.54) is 12.1 Å². The number of nitrogens with one attached hydrogen (secondary N) is 3. The summed E-state index contributed by atoms with van der Waals surface area (Å²) >= 11 is 0. The third-order valence-electron chi connectivity index (χ3n) is 2.64. The fraction of sp³-hybridized carbons (Fsp3) is 0.143. The van der Waals surface area contributed by atoms with E-state index in [-0.39, 0.29) is 17.2 Å². The summed E-state index contributed by atoms with van der Waals surface area (Å²) in [5, 5.41) is 11.2. The quantitative estimate of drug-likeness (QED) is 0.789. The lowest BCUT2D eigenvalue weighted by atomic mass is 10.2. The Balaban J connectivity index is 2.10. The third kappa shape index (κ3) is 4.00. The van der Waals surface area contributed by atoms with E-state index in [4.69, 9.17) is 0 Å². The SMILES string of the molecule is CCC(=O)Nc1cccc(NC(=O)c2ccc(=O)[nH]n2)c1. The molecule has 1 heterocycles. The molecule has 0 aliphatic heterocycles. The molecule has 0 fully saturated rings. The van der Waals surface area contributed by atoms with Gasteiger partial charge >= 0.3 is 0 Å². The van der Waals surface area contributed by atoms with Crippen molar-refractivity contribution in [3.8, 4) is 0 Å². The van der Waals surface area contributed by atoms with Crippen LogP contribution in [0.4, 0.5) is 11.4 Å². The first kappa shape index (κ1) is 14.4. The number of carbonyl (C=O) groups is 2. The molecular formula is C14H14N4O3. The second-order valence-corrected chi connectivity index (χ2v) is 4.24. The average molecular weight is 286 g/mol. The molecule has 0 unspecified atom stereocenters. The van der Waals surface area contributed by atoms with Crippen LogP contribution in [0.1, 0.15) is 23.8 Å². The highest BCUT2D eigenvalue weighted by molar-refractivity contribution is 6.03. The molecule has 2 rings (SSSR count). The highest BCUT2D eigenvalue weighted by Crippen LogP contribution is 2.15. The van der Waals surface area contributed by atoms with Gasteiger partial charge in [0.2, 0.25) is 5.91 Å². The summed E-state index contributed by atoms with van der Waals surface area (Å²) in [5.41, 5.74) is 0.824. The monoisotopic (exact) mass is 286 g/mol. The van der Waals surface area contributed by atoms with Gasteiger partial charge in [0.05, 0.1) is 0 Å². The Morgan fingerprint density at radius 3 is 2.48 bits per heavy atom. The van der Waals surface area contributed by atoms with Crippen molar-refractivity contribution >= 4 is 23.2 Å². The summed E-state index contributed by atoms with van der Waals surface area (Å²) in [6.07, 6.45) is 0.373. The zero-order valence-electron chi connectivity index (χ0n) is 11.3. The molecule has 2 amide bonds.